The molecule has 1 heterocycles. The molecule has 0 atom stereocenters. The molecule has 0 saturated heterocycles. The highest BCUT2D eigenvalue weighted by Crippen LogP contribution is 2.30. The number of ether oxygens (including phenoxy) is 1. The Balaban J connectivity index is 2.05. The van der Waals surface area contributed by atoms with Gasteiger partial charge in [0.25, 0.3) is 0 Å². The van der Waals surface area contributed by atoms with Crippen molar-refractivity contribution < 1.29 is 17.9 Å². The van der Waals surface area contributed by atoms with Crippen LogP contribution in [0.25, 0.3) is 0 Å². The largest absolute Gasteiger partial charge is 0.573 e. The van der Waals surface area contributed by atoms with Crippen molar-refractivity contribution in [2.75, 3.05) is 5.32 Å². The molecule has 1 aromatic heterocycles. The van der Waals surface area contributed by atoms with Gasteiger partial charge in [-0.25, -0.2) is 0 Å². The average molecular weight is 284 g/mol. The van der Waals surface area contributed by atoms with E-state index in [1.807, 2.05) is 30.0 Å². The molecule has 2 aromatic rings. The van der Waals surface area contributed by atoms with E-state index in [1.54, 1.807) is 12.1 Å². The molecule has 0 saturated carbocycles. The Morgan fingerprint density at radius 1 is 1.20 bits per heavy atom. The Kier molecular flexibility index (Phi) is 4.22. The van der Waals surface area contributed by atoms with E-state index in [2.05, 4.69) is 10.1 Å². The second-order valence-corrected chi connectivity index (χ2v) is 4.25. The lowest BCUT2D eigenvalue weighted by Crippen LogP contribution is -2.18. The molecule has 0 aliphatic carbocycles. The number of anilines is 1. The van der Waals surface area contributed by atoms with Crippen LogP contribution in [-0.2, 0) is 13.1 Å². The lowest BCUT2D eigenvalue weighted by Gasteiger charge is -2.14. The average Bonchev–Trinajstić information content (AvgIpc) is 2.84. The van der Waals surface area contributed by atoms with E-state index in [0.717, 1.165) is 12.1 Å². The number of hydrogen-bond donors (Lipinski definition) is 1. The Hall–Kier alpha value is -2.11. The zero-order chi connectivity index (χ0) is 14.6. The number of alkyl halides is 3. The summed E-state index contributed by atoms with van der Waals surface area (Å²) in [6, 6.07) is 7.91. The van der Waals surface area contributed by atoms with Gasteiger partial charge in [-0.1, -0.05) is 12.1 Å². The fraction of sp³-hybridized carbons (Fsp3) is 0.286. The van der Waals surface area contributed by atoms with Gasteiger partial charge in [0, 0.05) is 25.5 Å². The molecule has 0 aliphatic rings. The molecule has 108 valence electrons. The van der Waals surface area contributed by atoms with Gasteiger partial charge in [-0.15, -0.1) is 13.2 Å². The summed E-state index contributed by atoms with van der Waals surface area (Å²) in [5.41, 5.74) is 1.31. The molecule has 3 nitrogen and oxygen atoms in total. The maximum absolute atomic E-state index is 12.3. The van der Waals surface area contributed by atoms with Crippen molar-refractivity contribution in [1.82, 2.24) is 4.57 Å². The summed E-state index contributed by atoms with van der Waals surface area (Å²) in [7, 11) is 0. The van der Waals surface area contributed by atoms with Gasteiger partial charge >= 0.3 is 6.36 Å². The minimum Gasteiger partial charge on any atom is -0.404 e. The third-order valence-electron chi connectivity index (χ3n) is 2.77. The van der Waals surface area contributed by atoms with Crippen molar-refractivity contribution in [2.24, 2.45) is 0 Å². The molecule has 1 aromatic carbocycles. The topological polar surface area (TPSA) is 26.2 Å². The van der Waals surface area contributed by atoms with Crippen molar-refractivity contribution >= 4 is 5.69 Å². The quantitative estimate of drug-likeness (QED) is 0.897. The predicted octanol–water partition coefficient (Wildman–Crippen LogP) is 4.02. The first-order valence-electron chi connectivity index (χ1n) is 6.21. The van der Waals surface area contributed by atoms with Gasteiger partial charge in [0.05, 0.1) is 5.69 Å². The van der Waals surface area contributed by atoms with Gasteiger partial charge in [0.1, 0.15) is 0 Å². The number of para-hydroxylation sites is 2. The predicted molar refractivity (Wildman–Crippen MR) is 70.6 cm³/mol. The number of nitrogens with one attached hydrogen (secondary N) is 1. The van der Waals surface area contributed by atoms with Crippen molar-refractivity contribution in [3.05, 3.63) is 48.3 Å². The highest BCUT2D eigenvalue weighted by molar-refractivity contribution is 5.56. The van der Waals surface area contributed by atoms with Crippen LogP contribution in [0.4, 0.5) is 18.9 Å². The molecule has 2 rings (SSSR count). The smallest absolute Gasteiger partial charge is 0.404 e. The number of rotatable bonds is 5. The second kappa shape index (κ2) is 5.90. The zero-order valence-electron chi connectivity index (χ0n) is 10.9. The summed E-state index contributed by atoms with van der Waals surface area (Å²) in [5.74, 6) is -0.227. The van der Waals surface area contributed by atoms with Gasteiger partial charge in [-0.3, -0.25) is 0 Å². The monoisotopic (exact) mass is 284 g/mol. The maximum atomic E-state index is 12.3. The summed E-state index contributed by atoms with van der Waals surface area (Å²) >= 11 is 0. The zero-order valence-corrected chi connectivity index (χ0v) is 10.9. The molecule has 0 aliphatic heterocycles. The molecule has 0 fully saturated rings. The number of benzene rings is 1. The molecule has 1 N–H and O–H groups in total. The number of aromatic nitrogens is 1. The maximum Gasteiger partial charge on any atom is 0.573 e. The Bertz CT molecular complexity index is 564. The minimum atomic E-state index is -4.69. The van der Waals surface area contributed by atoms with Crippen LogP contribution in [0.2, 0.25) is 0 Å². The fourth-order valence-corrected chi connectivity index (χ4v) is 1.82. The van der Waals surface area contributed by atoms with Crippen molar-refractivity contribution in [3.63, 3.8) is 0 Å². The number of hydrogen-bond acceptors (Lipinski definition) is 2. The third-order valence-corrected chi connectivity index (χ3v) is 2.77. The van der Waals surface area contributed by atoms with Crippen LogP contribution in [0.3, 0.4) is 0 Å². The molecular weight excluding hydrogens is 269 g/mol. The Labute approximate surface area is 115 Å². The summed E-state index contributed by atoms with van der Waals surface area (Å²) < 4.78 is 42.8. The van der Waals surface area contributed by atoms with Crippen LogP contribution >= 0.6 is 0 Å². The van der Waals surface area contributed by atoms with Crippen LogP contribution in [0.15, 0.2) is 42.7 Å². The van der Waals surface area contributed by atoms with Crippen molar-refractivity contribution in [1.29, 1.82) is 0 Å². The summed E-state index contributed by atoms with van der Waals surface area (Å²) in [5, 5.41) is 2.95. The SMILES string of the molecule is CCn1ccc(CNc2ccccc2OC(F)(F)F)c1. The van der Waals surface area contributed by atoms with Crippen LogP contribution in [0, 0.1) is 0 Å². The Morgan fingerprint density at radius 3 is 2.60 bits per heavy atom. The van der Waals surface area contributed by atoms with Crippen LogP contribution in [0.5, 0.6) is 5.75 Å². The first kappa shape index (κ1) is 14.3. The number of aryl methyl sites for hydroxylation is 1. The van der Waals surface area contributed by atoms with Crippen LogP contribution in [-0.4, -0.2) is 10.9 Å². The van der Waals surface area contributed by atoms with E-state index in [9.17, 15) is 13.2 Å². The van der Waals surface area contributed by atoms with Gasteiger partial charge in [0.15, 0.2) is 5.75 Å². The summed E-state index contributed by atoms with van der Waals surface area (Å²) in [6.45, 7) is 3.31. The first-order valence-corrected chi connectivity index (χ1v) is 6.21. The standard InChI is InChI=1S/C14H15F3N2O/c1-2-19-8-7-11(10-19)9-18-12-5-3-4-6-13(12)20-14(15,16)17/h3-8,10,18H,2,9H2,1H3. The highest BCUT2D eigenvalue weighted by atomic mass is 19.4. The molecular formula is C14H15F3N2O. The Morgan fingerprint density at radius 2 is 1.95 bits per heavy atom. The van der Waals surface area contributed by atoms with E-state index >= 15 is 0 Å². The van der Waals surface area contributed by atoms with Crippen molar-refractivity contribution in [2.45, 2.75) is 26.4 Å². The minimum absolute atomic E-state index is 0.227. The molecule has 0 amide bonds. The lowest BCUT2D eigenvalue weighted by molar-refractivity contribution is -0.274. The van der Waals surface area contributed by atoms with Gasteiger partial charge in [-0.05, 0) is 30.7 Å². The first-order chi connectivity index (χ1) is 9.48. The third kappa shape index (κ3) is 3.94. The van der Waals surface area contributed by atoms with Crippen LogP contribution in [0.1, 0.15) is 12.5 Å². The van der Waals surface area contributed by atoms with E-state index in [4.69, 9.17) is 0 Å². The molecule has 6 heteroatoms. The molecule has 0 unspecified atom stereocenters. The molecule has 0 spiro atoms. The molecule has 0 bridgehead atoms. The van der Waals surface area contributed by atoms with Crippen molar-refractivity contribution in [3.8, 4) is 5.75 Å². The fourth-order valence-electron chi connectivity index (χ4n) is 1.82. The van der Waals surface area contributed by atoms with Gasteiger partial charge in [-0.2, -0.15) is 0 Å². The summed E-state index contributed by atoms with van der Waals surface area (Å²) in [6.07, 6.45) is -0.821. The van der Waals surface area contributed by atoms with E-state index < -0.39 is 6.36 Å². The normalized spacial score (nSPS) is 11.4. The second-order valence-electron chi connectivity index (χ2n) is 4.25. The lowest BCUT2D eigenvalue weighted by atomic mass is 10.2. The number of nitrogens with zero attached hydrogens (tertiary/aromatic N) is 1. The molecule has 0 radical (unpaired) electrons. The number of halogens is 3. The molecule has 20 heavy (non-hydrogen) atoms. The van der Waals surface area contributed by atoms with Gasteiger partial charge < -0.3 is 14.6 Å². The van der Waals surface area contributed by atoms with Crippen LogP contribution < -0.4 is 10.1 Å². The highest BCUT2D eigenvalue weighted by Gasteiger charge is 2.32. The van der Waals surface area contributed by atoms with E-state index in [0.29, 0.717) is 12.2 Å². The van der Waals surface area contributed by atoms with E-state index in [1.165, 1.54) is 12.1 Å². The van der Waals surface area contributed by atoms with E-state index in [-0.39, 0.29) is 5.75 Å². The summed E-state index contributed by atoms with van der Waals surface area (Å²) in [4.78, 5) is 0. The van der Waals surface area contributed by atoms with Gasteiger partial charge in [0.2, 0.25) is 0 Å².